The molecule has 2 N–H and O–H groups in total. The third kappa shape index (κ3) is 5.73. The van der Waals surface area contributed by atoms with Crippen LogP contribution in [0.2, 0.25) is 0 Å². The number of esters is 1. The average molecular weight is 483 g/mol. The van der Waals surface area contributed by atoms with Gasteiger partial charge in [-0.3, -0.25) is 14.6 Å². The molecule has 1 amide bonds. The van der Waals surface area contributed by atoms with Crippen molar-refractivity contribution >= 4 is 29.0 Å². The number of nitrogens with one attached hydrogen (secondary N) is 2. The Bertz CT molecular complexity index is 982. The van der Waals surface area contributed by atoms with E-state index < -0.39 is 5.41 Å². The fraction of sp³-hybridized carbons (Fsp3) is 0.538. The first-order valence-electron chi connectivity index (χ1n) is 12.2. The molecule has 0 bridgehead atoms. The summed E-state index contributed by atoms with van der Waals surface area (Å²) in [4.78, 5) is 35.0. The molecule has 2 unspecified atom stereocenters. The summed E-state index contributed by atoms with van der Waals surface area (Å²) in [6.07, 6.45) is 10.8. The molecule has 2 aromatic rings. The van der Waals surface area contributed by atoms with E-state index >= 15 is 0 Å². The first kappa shape index (κ1) is 24.5. The van der Waals surface area contributed by atoms with E-state index in [1.165, 1.54) is 12.8 Å². The van der Waals surface area contributed by atoms with Crippen LogP contribution in [-0.4, -0.2) is 41.0 Å². The van der Waals surface area contributed by atoms with E-state index in [1.54, 1.807) is 23.7 Å². The number of anilines is 1. The van der Waals surface area contributed by atoms with Gasteiger partial charge >= 0.3 is 5.97 Å². The molecule has 2 aromatic heterocycles. The number of amides is 1. The molecule has 4 rings (SSSR count). The minimum absolute atomic E-state index is 0.0640. The van der Waals surface area contributed by atoms with Crippen LogP contribution in [-0.2, 0) is 19.7 Å². The number of aryl methyl sites for hydroxylation is 1. The molecule has 2 aliphatic carbocycles. The predicted molar refractivity (Wildman–Crippen MR) is 134 cm³/mol. The highest BCUT2D eigenvalue weighted by molar-refractivity contribution is 7.10. The van der Waals surface area contributed by atoms with Gasteiger partial charge in [0.1, 0.15) is 11.5 Å². The van der Waals surface area contributed by atoms with Crippen LogP contribution in [0.25, 0.3) is 0 Å². The number of thiophene rings is 1. The zero-order chi connectivity index (χ0) is 24.0. The highest BCUT2D eigenvalue weighted by atomic mass is 32.1. The average Bonchev–Trinajstić information content (AvgIpc) is 3.25. The lowest BCUT2D eigenvalue weighted by Gasteiger charge is -2.41. The number of aromatic nitrogens is 2. The Labute approximate surface area is 205 Å². The van der Waals surface area contributed by atoms with Crippen molar-refractivity contribution in [2.75, 3.05) is 18.4 Å². The van der Waals surface area contributed by atoms with Gasteiger partial charge in [-0.2, -0.15) is 0 Å². The predicted octanol–water partition coefficient (Wildman–Crippen LogP) is 4.54. The van der Waals surface area contributed by atoms with Gasteiger partial charge in [-0.25, -0.2) is 4.98 Å². The van der Waals surface area contributed by atoms with Crippen molar-refractivity contribution in [1.82, 2.24) is 15.3 Å². The van der Waals surface area contributed by atoms with Crippen LogP contribution >= 0.6 is 11.3 Å². The normalized spacial score (nSPS) is 21.9. The van der Waals surface area contributed by atoms with Gasteiger partial charge in [0.25, 0.3) is 0 Å². The molecule has 2 saturated carbocycles. The van der Waals surface area contributed by atoms with Crippen molar-refractivity contribution in [3.8, 4) is 0 Å². The van der Waals surface area contributed by atoms with Gasteiger partial charge in [-0.05, 0) is 44.2 Å². The molecule has 8 heteroatoms. The lowest BCUT2D eigenvalue weighted by Crippen LogP contribution is -2.45. The Morgan fingerprint density at radius 2 is 2.00 bits per heavy atom. The molecule has 0 radical (unpaired) electrons. The summed E-state index contributed by atoms with van der Waals surface area (Å²) < 4.78 is 6.14. The van der Waals surface area contributed by atoms with Crippen molar-refractivity contribution < 1.29 is 14.3 Å². The van der Waals surface area contributed by atoms with Crippen molar-refractivity contribution in [2.24, 2.45) is 5.92 Å². The van der Waals surface area contributed by atoms with E-state index in [4.69, 9.17) is 4.74 Å². The van der Waals surface area contributed by atoms with Gasteiger partial charge in [-0.15, -0.1) is 11.3 Å². The molecule has 0 saturated heterocycles. The van der Waals surface area contributed by atoms with E-state index in [9.17, 15) is 9.59 Å². The van der Waals surface area contributed by atoms with Gasteiger partial charge in [0.05, 0.1) is 24.6 Å². The highest BCUT2D eigenvalue weighted by Gasteiger charge is 2.46. The molecule has 0 aliphatic heterocycles. The number of ether oxygens (including phenoxy) is 1. The Morgan fingerprint density at radius 3 is 2.65 bits per heavy atom. The van der Waals surface area contributed by atoms with E-state index in [0.717, 1.165) is 54.7 Å². The highest BCUT2D eigenvalue weighted by Crippen LogP contribution is 2.44. The van der Waals surface area contributed by atoms with Gasteiger partial charge in [0.2, 0.25) is 5.91 Å². The summed E-state index contributed by atoms with van der Waals surface area (Å²) >= 11 is 1.67. The molecule has 2 heterocycles. The van der Waals surface area contributed by atoms with E-state index in [-0.39, 0.29) is 30.4 Å². The second-order valence-electron chi connectivity index (χ2n) is 9.44. The van der Waals surface area contributed by atoms with Gasteiger partial charge in [-0.1, -0.05) is 43.9 Å². The number of hydrogen-bond acceptors (Lipinski definition) is 7. The molecule has 34 heavy (non-hydrogen) atoms. The standard InChI is InChI=1S/C26H34N4O3S/c1-18-14-21(20(18)9-12-27-17-24(31)30-23-16-28-19(2)15-29-23)33-25(32)26(22-8-7-13-34-22)10-5-3-4-6-11-26/h7-8,13,15-16,20-21,27H,1,3-6,9-12,14,17H2,2H3,(H,29,30,31). The maximum Gasteiger partial charge on any atom is 0.317 e. The lowest BCUT2D eigenvalue weighted by atomic mass is 9.74. The topological polar surface area (TPSA) is 93.2 Å². The van der Waals surface area contributed by atoms with Crippen LogP contribution in [0.15, 0.2) is 42.1 Å². The molecular formula is C26H34N4O3S. The van der Waals surface area contributed by atoms with Gasteiger partial charge in [0.15, 0.2) is 5.82 Å². The first-order valence-corrected chi connectivity index (χ1v) is 13.1. The van der Waals surface area contributed by atoms with Crippen molar-refractivity contribution in [3.63, 3.8) is 0 Å². The van der Waals surface area contributed by atoms with Crippen LogP contribution in [0.4, 0.5) is 5.82 Å². The Morgan fingerprint density at radius 1 is 1.21 bits per heavy atom. The first-order chi connectivity index (χ1) is 16.5. The van der Waals surface area contributed by atoms with Crippen LogP contribution in [0, 0.1) is 12.8 Å². The van der Waals surface area contributed by atoms with Gasteiger partial charge < -0.3 is 15.4 Å². The molecule has 182 valence electrons. The van der Waals surface area contributed by atoms with Crippen LogP contribution in [0.1, 0.15) is 61.9 Å². The Hall–Kier alpha value is -2.58. The summed E-state index contributed by atoms with van der Waals surface area (Å²) in [6.45, 7) is 6.83. The summed E-state index contributed by atoms with van der Waals surface area (Å²) in [6, 6.07) is 4.12. The maximum atomic E-state index is 13.5. The number of hydrogen-bond donors (Lipinski definition) is 2. The van der Waals surface area contributed by atoms with Crippen molar-refractivity contribution in [2.45, 2.75) is 69.8 Å². The van der Waals surface area contributed by atoms with E-state index in [2.05, 4.69) is 38.6 Å². The summed E-state index contributed by atoms with van der Waals surface area (Å²) in [7, 11) is 0. The fourth-order valence-corrected chi connectivity index (χ4v) is 5.93. The number of carbonyl (C=O) groups is 2. The monoisotopic (exact) mass is 482 g/mol. The SMILES string of the molecule is C=C1CC(OC(=O)C2(c3cccs3)CCCCCC2)C1CCNCC(=O)Nc1cnc(C)cn1. The quantitative estimate of drug-likeness (QED) is 0.236. The number of carbonyl (C=O) groups excluding carboxylic acids is 2. The third-order valence-electron chi connectivity index (χ3n) is 7.00. The van der Waals surface area contributed by atoms with E-state index in [0.29, 0.717) is 12.4 Å². The maximum absolute atomic E-state index is 13.5. The minimum atomic E-state index is -0.499. The minimum Gasteiger partial charge on any atom is -0.461 e. The second kappa shape index (κ2) is 11.2. The van der Waals surface area contributed by atoms with Crippen LogP contribution < -0.4 is 10.6 Å². The number of rotatable bonds is 9. The molecule has 0 spiro atoms. The summed E-state index contributed by atoms with van der Waals surface area (Å²) in [5.41, 5.74) is 1.42. The molecule has 7 nitrogen and oxygen atoms in total. The Kier molecular flexibility index (Phi) is 8.11. The zero-order valence-electron chi connectivity index (χ0n) is 19.8. The largest absolute Gasteiger partial charge is 0.461 e. The van der Waals surface area contributed by atoms with Crippen molar-refractivity contribution in [3.05, 3.63) is 52.6 Å². The van der Waals surface area contributed by atoms with Crippen molar-refractivity contribution in [1.29, 1.82) is 0 Å². The number of nitrogens with zero attached hydrogens (tertiary/aromatic N) is 2. The molecule has 0 aromatic carbocycles. The zero-order valence-corrected chi connectivity index (χ0v) is 20.7. The summed E-state index contributed by atoms with van der Waals surface area (Å²) in [5.74, 6) is 0.342. The smallest absolute Gasteiger partial charge is 0.317 e. The summed E-state index contributed by atoms with van der Waals surface area (Å²) in [5, 5.41) is 7.95. The molecule has 2 atom stereocenters. The van der Waals surface area contributed by atoms with Gasteiger partial charge in [0, 0.05) is 17.2 Å². The fourth-order valence-electron chi connectivity index (χ4n) is 4.96. The van der Waals surface area contributed by atoms with Crippen LogP contribution in [0.3, 0.4) is 0 Å². The molecule has 2 fully saturated rings. The lowest BCUT2D eigenvalue weighted by molar-refractivity contribution is -0.162. The molecular weight excluding hydrogens is 448 g/mol. The molecule has 2 aliphatic rings. The second-order valence-corrected chi connectivity index (χ2v) is 10.4. The van der Waals surface area contributed by atoms with E-state index in [1.807, 2.05) is 13.0 Å². The Balaban J connectivity index is 1.26. The third-order valence-corrected chi connectivity index (χ3v) is 8.08. The van der Waals surface area contributed by atoms with Crippen LogP contribution in [0.5, 0.6) is 0 Å².